The maximum absolute atomic E-state index is 11.9. The summed E-state index contributed by atoms with van der Waals surface area (Å²) in [6.07, 6.45) is 4.88. The Morgan fingerprint density at radius 3 is 2.80 bits per heavy atom. The van der Waals surface area contributed by atoms with E-state index in [0.717, 1.165) is 30.8 Å². The molecule has 1 fully saturated rings. The molecule has 1 atom stereocenters. The third-order valence-corrected chi connectivity index (χ3v) is 4.53. The number of carbonyl (C=O) groups is 1. The molecule has 5 nitrogen and oxygen atoms in total. The predicted molar refractivity (Wildman–Crippen MR) is 96.3 cm³/mol. The maximum atomic E-state index is 11.9. The summed E-state index contributed by atoms with van der Waals surface area (Å²) in [5, 5.41) is 2.92. The molecule has 3 rings (SSSR count). The van der Waals surface area contributed by atoms with Crippen LogP contribution in [0.25, 0.3) is 11.3 Å². The van der Waals surface area contributed by atoms with E-state index in [1.165, 1.54) is 5.56 Å². The van der Waals surface area contributed by atoms with Gasteiger partial charge in [-0.1, -0.05) is 38.1 Å². The summed E-state index contributed by atoms with van der Waals surface area (Å²) in [4.78, 5) is 16.2. The third kappa shape index (κ3) is 4.92. The second-order valence-electron chi connectivity index (χ2n) is 6.83. The van der Waals surface area contributed by atoms with Crippen molar-refractivity contribution in [3.05, 3.63) is 41.9 Å². The lowest BCUT2D eigenvalue weighted by molar-refractivity contribution is -0.121. The highest BCUT2D eigenvalue weighted by molar-refractivity contribution is 5.76. The molecular weight excluding hydrogens is 316 g/mol. The fourth-order valence-electron chi connectivity index (χ4n) is 2.93. The van der Waals surface area contributed by atoms with Crippen LogP contribution in [0.3, 0.4) is 0 Å². The van der Waals surface area contributed by atoms with Crippen molar-refractivity contribution in [2.45, 2.75) is 51.6 Å². The van der Waals surface area contributed by atoms with Crippen LogP contribution < -0.4 is 5.32 Å². The molecule has 0 bridgehead atoms. The van der Waals surface area contributed by atoms with Crippen molar-refractivity contribution < 1.29 is 13.9 Å². The first kappa shape index (κ1) is 17.7. The van der Waals surface area contributed by atoms with Crippen molar-refractivity contribution in [2.24, 2.45) is 0 Å². The molecule has 1 aliphatic heterocycles. The fourth-order valence-corrected chi connectivity index (χ4v) is 2.93. The molecule has 25 heavy (non-hydrogen) atoms. The second kappa shape index (κ2) is 8.30. The van der Waals surface area contributed by atoms with Gasteiger partial charge in [0, 0.05) is 31.6 Å². The van der Waals surface area contributed by atoms with Gasteiger partial charge in [-0.05, 0) is 24.3 Å². The highest BCUT2D eigenvalue weighted by Gasteiger charge is 2.16. The van der Waals surface area contributed by atoms with Gasteiger partial charge in [-0.2, -0.15) is 0 Å². The van der Waals surface area contributed by atoms with Gasteiger partial charge in [0.15, 0.2) is 11.7 Å². The number of benzene rings is 1. The zero-order chi connectivity index (χ0) is 17.6. The molecule has 1 N–H and O–H groups in total. The van der Waals surface area contributed by atoms with Crippen LogP contribution in [0.15, 0.2) is 34.9 Å². The van der Waals surface area contributed by atoms with Gasteiger partial charge in [-0.3, -0.25) is 4.79 Å². The predicted octanol–water partition coefficient (Wildman–Crippen LogP) is 3.69. The number of rotatable bonds is 7. The minimum absolute atomic E-state index is 0.0107. The number of hydrogen-bond acceptors (Lipinski definition) is 4. The molecule has 5 heteroatoms. The zero-order valence-electron chi connectivity index (χ0n) is 15.0. The number of carbonyl (C=O) groups excluding carboxylic acids is 1. The van der Waals surface area contributed by atoms with Gasteiger partial charge in [0.25, 0.3) is 0 Å². The quantitative estimate of drug-likeness (QED) is 0.833. The van der Waals surface area contributed by atoms with Gasteiger partial charge in [0.2, 0.25) is 5.91 Å². The Bertz CT molecular complexity index is 685. The second-order valence-corrected chi connectivity index (χ2v) is 6.83. The standard InChI is InChI=1S/C20H26N2O3/c1-14(2)15-5-7-16(8-6-15)18-13-22-20(25-18)10-9-19(23)21-12-17-4-3-11-24-17/h5-8,13-14,17H,3-4,9-12H2,1-2H3,(H,21,23). The van der Waals surface area contributed by atoms with Crippen molar-refractivity contribution in [3.8, 4) is 11.3 Å². The first-order valence-corrected chi connectivity index (χ1v) is 9.05. The molecule has 1 unspecified atom stereocenters. The van der Waals surface area contributed by atoms with E-state index in [1.807, 2.05) is 12.1 Å². The SMILES string of the molecule is CC(C)c1ccc(-c2cnc(CCC(=O)NCC3CCCO3)o2)cc1. The van der Waals surface area contributed by atoms with Gasteiger partial charge >= 0.3 is 0 Å². The van der Waals surface area contributed by atoms with E-state index in [9.17, 15) is 4.79 Å². The number of oxazole rings is 1. The smallest absolute Gasteiger partial charge is 0.220 e. The lowest BCUT2D eigenvalue weighted by atomic mass is 10.0. The number of hydrogen-bond donors (Lipinski definition) is 1. The van der Waals surface area contributed by atoms with Crippen LogP contribution in [0.4, 0.5) is 0 Å². The van der Waals surface area contributed by atoms with Crippen molar-refractivity contribution in [2.75, 3.05) is 13.2 Å². The van der Waals surface area contributed by atoms with E-state index in [2.05, 4.69) is 36.3 Å². The molecule has 0 saturated carbocycles. The number of amides is 1. The molecular formula is C20H26N2O3. The Labute approximate surface area is 148 Å². The van der Waals surface area contributed by atoms with Gasteiger partial charge in [0.05, 0.1) is 12.3 Å². The minimum Gasteiger partial charge on any atom is -0.441 e. The Kier molecular flexibility index (Phi) is 5.87. The van der Waals surface area contributed by atoms with E-state index < -0.39 is 0 Å². The van der Waals surface area contributed by atoms with Crippen LogP contribution in [-0.4, -0.2) is 30.1 Å². The Morgan fingerprint density at radius 1 is 1.32 bits per heavy atom. The average molecular weight is 342 g/mol. The molecule has 0 radical (unpaired) electrons. The summed E-state index contributed by atoms with van der Waals surface area (Å²) >= 11 is 0. The van der Waals surface area contributed by atoms with Crippen molar-refractivity contribution >= 4 is 5.91 Å². The molecule has 0 spiro atoms. The van der Waals surface area contributed by atoms with Crippen LogP contribution in [0, 0.1) is 0 Å². The largest absolute Gasteiger partial charge is 0.441 e. The molecule has 0 aliphatic carbocycles. The molecule has 1 aromatic heterocycles. The molecule has 1 saturated heterocycles. The summed E-state index contributed by atoms with van der Waals surface area (Å²) < 4.78 is 11.3. The van der Waals surface area contributed by atoms with Crippen LogP contribution in [0.2, 0.25) is 0 Å². The zero-order valence-corrected chi connectivity index (χ0v) is 15.0. The van der Waals surface area contributed by atoms with Crippen LogP contribution in [-0.2, 0) is 16.0 Å². The van der Waals surface area contributed by atoms with E-state index in [-0.39, 0.29) is 12.0 Å². The van der Waals surface area contributed by atoms with Crippen molar-refractivity contribution in [1.29, 1.82) is 0 Å². The molecule has 1 amide bonds. The normalized spacial score (nSPS) is 17.2. The minimum atomic E-state index is 0.0107. The first-order valence-electron chi connectivity index (χ1n) is 9.05. The first-order chi connectivity index (χ1) is 12.1. The number of aryl methyl sites for hydroxylation is 1. The Morgan fingerprint density at radius 2 is 2.12 bits per heavy atom. The molecule has 2 heterocycles. The summed E-state index contributed by atoms with van der Waals surface area (Å²) in [5.41, 5.74) is 2.30. The molecule has 1 aromatic carbocycles. The van der Waals surface area contributed by atoms with Crippen molar-refractivity contribution in [3.63, 3.8) is 0 Å². The summed E-state index contributed by atoms with van der Waals surface area (Å²) in [7, 11) is 0. The lowest BCUT2D eigenvalue weighted by Gasteiger charge is -2.10. The number of ether oxygens (including phenoxy) is 1. The van der Waals surface area contributed by atoms with Crippen LogP contribution in [0.1, 0.15) is 50.5 Å². The highest BCUT2D eigenvalue weighted by atomic mass is 16.5. The van der Waals surface area contributed by atoms with E-state index >= 15 is 0 Å². The number of aromatic nitrogens is 1. The van der Waals surface area contributed by atoms with Gasteiger partial charge in [-0.25, -0.2) is 4.98 Å². The topological polar surface area (TPSA) is 64.4 Å². The lowest BCUT2D eigenvalue weighted by Crippen LogP contribution is -2.31. The average Bonchev–Trinajstić information content (AvgIpc) is 3.30. The third-order valence-electron chi connectivity index (χ3n) is 4.53. The molecule has 2 aromatic rings. The maximum Gasteiger partial charge on any atom is 0.220 e. The van der Waals surface area contributed by atoms with Gasteiger partial charge in [0.1, 0.15) is 0 Å². The summed E-state index contributed by atoms with van der Waals surface area (Å²) in [6, 6.07) is 8.32. The van der Waals surface area contributed by atoms with Crippen LogP contribution >= 0.6 is 0 Å². The van der Waals surface area contributed by atoms with Crippen LogP contribution in [0.5, 0.6) is 0 Å². The highest BCUT2D eigenvalue weighted by Crippen LogP contribution is 2.23. The van der Waals surface area contributed by atoms with E-state index in [1.54, 1.807) is 6.20 Å². The Hall–Kier alpha value is -2.14. The van der Waals surface area contributed by atoms with Gasteiger partial charge < -0.3 is 14.5 Å². The fraction of sp³-hybridized carbons (Fsp3) is 0.500. The monoisotopic (exact) mass is 342 g/mol. The van der Waals surface area contributed by atoms with Gasteiger partial charge in [-0.15, -0.1) is 0 Å². The summed E-state index contributed by atoms with van der Waals surface area (Å²) in [5.74, 6) is 1.85. The molecule has 1 aliphatic rings. The van der Waals surface area contributed by atoms with E-state index in [0.29, 0.717) is 31.2 Å². The Balaban J connectivity index is 1.48. The summed E-state index contributed by atoms with van der Waals surface area (Å²) in [6.45, 7) is 5.74. The number of nitrogens with one attached hydrogen (secondary N) is 1. The molecule has 134 valence electrons. The van der Waals surface area contributed by atoms with Crippen molar-refractivity contribution in [1.82, 2.24) is 10.3 Å². The number of nitrogens with zero attached hydrogens (tertiary/aromatic N) is 1. The van der Waals surface area contributed by atoms with E-state index in [4.69, 9.17) is 9.15 Å².